The van der Waals surface area contributed by atoms with E-state index in [0.717, 1.165) is 0 Å². The zero-order valence-corrected chi connectivity index (χ0v) is 11.3. The van der Waals surface area contributed by atoms with E-state index in [1.54, 1.807) is 24.3 Å². The number of hydrogen-bond donors (Lipinski definition) is 1. The molecule has 0 aliphatic heterocycles. The molecule has 8 nitrogen and oxygen atoms in total. The molecule has 21 heavy (non-hydrogen) atoms. The van der Waals surface area contributed by atoms with E-state index in [2.05, 4.69) is 26.9 Å². The topological polar surface area (TPSA) is 106 Å². The lowest BCUT2D eigenvalue weighted by atomic mass is 10.3. The van der Waals surface area contributed by atoms with Crippen LogP contribution < -0.4 is 10.1 Å². The molecule has 1 N–H and O–H groups in total. The Labute approximate surface area is 121 Å². The van der Waals surface area contributed by atoms with Crippen molar-refractivity contribution in [3.8, 4) is 11.8 Å². The first-order valence-electron chi connectivity index (χ1n) is 6.38. The lowest BCUT2D eigenvalue weighted by Crippen LogP contribution is -2.19. The number of carbonyl (C=O) groups is 1. The van der Waals surface area contributed by atoms with Gasteiger partial charge >= 0.3 is 0 Å². The minimum absolute atomic E-state index is 0.0419. The Hall–Kier alpha value is -2.95. The quantitative estimate of drug-likeness (QED) is 0.761. The van der Waals surface area contributed by atoms with Crippen molar-refractivity contribution in [3.05, 3.63) is 30.6 Å². The number of aromatic nitrogens is 4. The second-order valence-corrected chi connectivity index (χ2v) is 4.19. The molecule has 0 fully saturated rings. The van der Waals surface area contributed by atoms with Crippen LogP contribution in [0.4, 0.5) is 5.69 Å². The average Bonchev–Trinajstić information content (AvgIpc) is 2.97. The van der Waals surface area contributed by atoms with Gasteiger partial charge in [-0.2, -0.15) is 5.26 Å². The summed E-state index contributed by atoms with van der Waals surface area (Å²) in [6.07, 6.45) is 2.50. The largest absolute Gasteiger partial charge is 0.493 e. The maximum absolute atomic E-state index is 11.8. The van der Waals surface area contributed by atoms with Gasteiger partial charge in [0.05, 0.1) is 12.7 Å². The summed E-state index contributed by atoms with van der Waals surface area (Å²) in [5, 5.41) is 21.7. The predicted molar refractivity (Wildman–Crippen MR) is 73.2 cm³/mol. The number of benzene rings is 1. The zero-order valence-electron chi connectivity index (χ0n) is 11.3. The number of unbranched alkanes of at least 4 members (excludes halogenated alkanes) is 1. The standard InChI is InChI=1S/C13H14N6O2/c14-6-1-2-7-21-12-5-3-4-11(8-12)16-13(20)9-19-10-15-17-18-19/h3-5,8,10H,1-2,7,9H2,(H,16,20). The summed E-state index contributed by atoms with van der Waals surface area (Å²) in [7, 11) is 0. The number of tetrazole rings is 1. The highest BCUT2D eigenvalue weighted by Gasteiger charge is 2.05. The van der Waals surface area contributed by atoms with Gasteiger partial charge in [-0.15, -0.1) is 5.10 Å². The molecule has 8 heteroatoms. The number of anilines is 1. The molecule has 2 aromatic rings. The molecule has 1 aromatic heterocycles. The normalized spacial score (nSPS) is 9.86. The maximum atomic E-state index is 11.8. The fourth-order valence-electron chi connectivity index (χ4n) is 1.61. The second-order valence-electron chi connectivity index (χ2n) is 4.19. The lowest BCUT2D eigenvalue weighted by molar-refractivity contribution is -0.116. The third kappa shape index (κ3) is 4.91. The van der Waals surface area contributed by atoms with Crippen molar-refractivity contribution in [2.75, 3.05) is 11.9 Å². The van der Waals surface area contributed by atoms with Crippen LogP contribution in [0.25, 0.3) is 0 Å². The van der Waals surface area contributed by atoms with Gasteiger partial charge in [-0.05, 0) is 29.0 Å². The summed E-state index contributed by atoms with van der Waals surface area (Å²) in [6.45, 7) is 0.510. The first-order valence-corrected chi connectivity index (χ1v) is 6.38. The Kier molecular flexibility index (Phi) is 5.23. The van der Waals surface area contributed by atoms with Crippen molar-refractivity contribution in [2.45, 2.75) is 19.4 Å². The number of amides is 1. The maximum Gasteiger partial charge on any atom is 0.246 e. The Morgan fingerprint density at radius 3 is 3.14 bits per heavy atom. The molecular formula is C13H14N6O2. The summed E-state index contributed by atoms with van der Waals surface area (Å²) < 4.78 is 6.83. The van der Waals surface area contributed by atoms with E-state index in [0.29, 0.717) is 30.9 Å². The van der Waals surface area contributed by atoms with Crippen molar-refractivity contribution >= 4 is 11.6 Å². The molecule has 1 heterocycles. The van der Waals surface area contributed by atoms with Gasteiger partial charge < -0.3 is 10.1 Å². The van der Waals surface area contributed by atoms with E-state index in [4.69, 9.17) is 10.00 Å². The second kappa shape index (κ2) is 7.59. The number of carbonyl (C=O) groups excluding carboxylic acids is 1. The van der Waals surface area contributed by atoms with Gasteiger partial charge in [0.15, 0.2) is 0 Å². The van der Waals surface area contributed by atoms with Crippen LogP contribution in [0.1, 0.15) is 12.8 Å². The number of nitrogens with zero attached hydrogens (tertiary/aromatic N) is 5. The monoisotopic (exact) mass is 286 g/mol. The molecule has 0 radical (unpaired) electrons. The van der Waals surface area contributed by atoms with E-state index in [1.807, 2.05) is 0 Å². The highest BCUT2D eigenvalue weighted by molar-refractivity contribution is 5.90. The van der Waals surface area contributed by atoms with Crippen molar-refractivity contribution in [1.82, 2.24) is 20.2 Å². The van der Waals surface area contributed by atoms with Crippen LogP contribution in [-0.2, 0) is 11.3 Å². The summed E-state index contributed by atoms with van der Waals surface area (Å²) in [4.78, 5) is 11.8. The lowest BCUT2D eigenvalue weighted by Gasteiger charge is -2.08. The first-order chi connectivity index (χ1) is 10.3. The van der Waals surface area contributed by atoms with Crippen LogP contribution in [0.2, 0.25) is 0 Å². The molecule has 0 saturated carbocycles. The number of nitriles is 1. The third-order valence-electron chi connectivity index (χ3n) is 2.52. The smallest absolute Gasteiger partial charge is 0.246 e. The molecular weight excluding hydrogens is 272 g/mol. The van der Waals surface area contributed by atoms with Crippen LogP contribution >= 0.6 is 0 Å². The van der Waals surface area contributed by atoms with Crippen LogP contribution in [0.15, 0.2) is 30.6 Å². The van der Waals surface area contributed by atoms with Crippen LogP contribution in [-0.4, -0.2) is 32.7 Å². The molecule has 0 atom stereocenters. The Balaban J connectivity index is 1.85. The number of ether oxygens (including phenoxy) is 1. The average molecular weight is 286 g/mol. The highest BCUT2D eigenvalue weighted by atomic mass is 16.5. The van der Waals surface area contributed by atoms with Gasteiger partial charge in [0.1, 0.15) is 18.6 Å². The Morgan fingerprint density at radius 1 is 1.48 bits per heavy atom. The molecule has 0 spiro atoms. The Morgan fingerprint density at radius 2 is 2.38 bits per heavy atom. The minimum Gasteiger partial charge on any atom is -0.493 e. The summed E-state index contributed by atoms with van der Waals surface area (Å²) in [5.74, 6) is 0.414. The Bertz CT molecular complexity index is 620. The highest BCUT2D eigenvalue weighted by Crippen LogP contribution is 2.17. The zero-order chi connectivity index (χ0) is 14.9. The molecule has 0 aliphatic rings. The molecule has 0 aliphatic carbocycles. The van der Waals surface area contributed by atoms with Crippen molar-refractivity contribution in [2.24, 2.45) is 0 Å². The van der Waals surface area contributed by atoms with Crippen LogP contribution in [0, 0.1) is 11.3 Å². The fraction of sp³-hybridized carbons (Fsp3) is 0.308. The molecule has 1 aromatic carbocycles. The van der Waals surface area contributed by atoms with Gasteiger partial charge in [-0.25, -0.2) is 4.68 Å². The number of hydrogen-bond acceptors (Lipinski definition) is 6. The van der Waals surface area contributed by atoms with Crippen molar-refractivity contribution in [3.63, 3.8) is 0 Å². The summed E-state index contributed by atoms with van der Waals surface area (Å²) in [6, 6.07) is 9.13. The van der Waals surface area contributed by atoms with Crippen molar-refractivity contribution in [1.29, 1.82) is 5.26 Å². The van der Waals surface area contributed by atoms with Gasteiger partial charge in [0, 0.05) is 18.2 Å². The van der Waals surface area contributed by atoms with Gasteiger partial charge in [0.2, 0.25) is 5.91 Å². The van der Waals surface area contributed by atoms with E-state index < -0.39 is 0 Å². The molecule has 108 valence electrons. The van der Waals surface area contributed by atoms with E-state index in [1.165, 1.54) is 11.0 Å². The third-order valence-corrected chi connectivity index (χ3v) is 2.52. The molecule has 0 saturated heterocycles. The number of nitrogens with one attached hydrogen (secondary N) is 1. The molecule has 0 bridgehead atoms. The summed E-state index contributed by atoms with van der Waals surface area (Å²) >= 11 is 0. The van der Waals surface area contributed by atoms with E-state index >= 15 is 0 Å². The van der Waals surface area contributed by atoms with Gasteiger partial charge in [-0.1, -0.05) is 6.07 Å². The molecule has 0 unspecified atom stereocenters. The minimum atomic E-state index is -0.232. The van der Waals surface area contributed by atoms with Crippen molar-refractivity contribution < 1.29 is 9.53 Å². The van der Waals surface area contributed by atoms with E-state index in [9.17, 15) is 4.79 Å². The summed E-state index contributed by atoms with van der Waals surface area (Å²) in [5.41, 5.74) is 0.630. The number of rotatable bonds is 7. The fourth-order valence-corrected chi connectivity index (χ4v) is 1.61. The first kappa shape index (κ1) is 14.5. The SMILES string of the molecule is N#CCCCOc1cccc(NC(=O)Cn2cnnn2)c1. The van der Waals surface area contributed by atoms with Crippen LogP contribution in [0.5, 0.6) is 5.75 Å². The van der Waals surface area contributed by atoms with Crippen LogP contribution in [0.3, 0.4) is 0 Å². The predicted octanol–water partition coefficient (Wildman–Crippen LogP) is 0.994. The molecule has 2 rings (SSSR count). The van der Waals surface area contributed by atoms with Gasteiger partial charge in [-0.3, -0.25) is 4.79 Å². The van der Waals surface area contributed by atoms with Gasteiger partial charge in [0.25, 0.3) is 0 Å². The molecule has 1 amide bonds. The van der Waals surface area contributed by atoms with E-state index in [-0.39, 0.29) is 12.5 Å².